The van der Waals surface area contributed by atoms with Crippen molar-refractivity contribution in [2.75, 3.05) is 6.61 Å². The quantitative estimate of drug-likeness (QED) is 0.906. The molecule has 0 saturated carbocycles. The van der Waals surface area contributed by atoms with E-state index in [0.29, 0.717) is 17.7 Å². The zero-order valence-corrected chi connectivity index (χ0v) is 11.7. The number of aryl methyl sites for hydroxylation is 1. The summed E-state index contributed by atoms with van der Waals surface area (Å²) in [6.45, 7) is 2.05. The largest absolute Gasteiger partial charge is 0.493 e. The van der Waals surface area contributed by atoms with E-state index in [9.17, 15) is 9.50 Å². The molecule has 0 saturated heterocycles. The Bertz CT molecular complexity index is 657. The summed E-state index contributed by atoms with van der Waals surface area (Å²) in [5.41, 5.74) is 1.96. The fourth-order valence-electron chi connectivity index (χ4n) is 2.57. The molecule has 2 aromatic carbocycles. The van der Waals surface area contributed by atoms with Gasteiger partial charge in [0.25, 0.3) is 0 Å². The Morgan fingerprint density at radius 3 is 2.90 bits per heavy atom. The molecule has 0 spiro atoms. The van der Waals surface area contributed by atoms with Crippen molar-refractivity contribution >= 4 is 11.6 Å². The number of hydrogen-bond donors (Lipinski definition) is 1. The van der Waals surface area contributed by atoms with Gasteiger partial charge in [-0.25, -0.2) is 4.39 Å². The summed E-state index contributed by atoms with van der Waals surface area (Å²) < 4.78 is 19.0. The molecule has 3 rings (SSSR count). The first-order valence-electron chi connectivity index (χ1n) is 6.43. The third kappa shape index (κ3) is 2.17. The molecule has 20 heavy (non-hydrogen) atoms. The lowest BCUT2D eigenvalue weighted by Gasteiger charge is -2.19. The van der Waals surface area contributed by atoms with Crippen LogP contribution in [0, 0.1) is 12.7 Å². The van der Waals surface area contributed by atoms with Crippen molar-refractivity contribution in [3.8, 4) is 5.75 Å². The Kier molecular flexibility index (Phi) is 3.40. The Hall–Kier alpha value is -1.58. The standard InChI is InChI=1S/C16H14ClFO2/c1-9-6-11(13(17)7-14(9)18)16(19)12-8-20-15-5-3-2-4-10(12)15/h2-7,12,16,19H,8H2,1H3. The van der Waals surface area contributed by atoms with Crippen LogP contribution in [0.3, 0.4) is 0 Å². The third-order valence-electron chi connectivity index (χ3n) is 3.71. The first-order valence-corrected chi connectivity index (χ1v) is 6.81. The Morgan fingerprint density at radius 2 is 2.10 bits per heavy atom. The molecule has 1 aliphatic rings. The van der Waals surface area contributed by atoms with Crippen molar-refractivity contribution in [2.24, 2.45) is 0 Å². The highest BCUT2D eigenvalue weighted by molar-refractivity contribution is 6.31. The molecule has 0 bridgehead atoms. The van der Waals surface area contributed by atoms with Crippen LogP contribution in [0.15, 0.2) is 36.4 Å². The number of para-hydroxylation sites is 1. The fourth-order valence-corrected chi connectivity index (χ4v) is 2.83. The van der Waals surface area contributed by atoms with Crippen molar-refractivity contribution < 1.29 is 14.2 Å². The molecule has 2 atom stereocenters. The first kappa shape index (κ1) is 13.4. The van der Waals surface area contributed by atoms with E-state index in [1.54, 1.807) is 13.0 Å². The van der Waals surface area contributed by atoms with E-state index in [-0.39, 0.29) is 16.8 Å². The number of ether oxygens (including phenoxy) is 1. The molecule has 4 heteroatoms. The number of aliphatic hydroxyl groups is 1. The molecule has 1 heterocycles. The van der Waals surface area contributed by atoms with Crippen LogP contribution in [0.1, 0.15) is 28.7 Å². The molecule has 0 aromatic heterocycles. The van der Waals surface area contributed by atoms with Gasteiger partial charge in [0.2, 0.25) is 0 Å². The smallest absolute Gasteiger partial charge is 0.127 e. The van der Waals surface area contributed by atoms with E-state index in [2.05, 4.69) is 0 Å². The predicted molar refractivity (Wildman–Crippen MR) is 75.8 cm³/mol. The van der Waals surface area contributed by atoms with Gasteiger partial charge in [-0.3, -0.25) is 0 Å². The zero-order valence-electron chi connectivity index (χ0n) is 10.9. The van der Waals surface area contributed by atoms with Crippen LogP contribution in [-0.4, -0.2) is 11.7 Å². The van der Waals surface area contributed by atoms with Crippen LogP contribution in [0.25, 0.3) is 0 Å². The van der Waals surface area contributed by atoms with Crippen LogP contribution in [0.4, 0.5) is 4.39 Å². The van der Waals surface area contributed by atoms with Gasteiger partial charge in [0.05, 0.1) is 18.6 Å². The van der Waals surface area contributed by atoms with Gasteiger partial charge in [-0.2, -0.15) is 0 Å². The van der Waals surface area contributed by atoms with Gasteiger partial charge in [0.15, 0.2) is 0 Å². The minimum absolute atomic E-state index is 0.187. The van der Waals surface area contributed by atoms with Crippen molar-refractivity contribution in [1.82, 2.24) is 0 Å². The lowest BCUT2D eigenvalue weighted by molar-refractivity contribution is 0.130. The fraction of sp³-hybridized carbons (Fsp3) is 0.250. The summed E-state index contributed by atoms with van der Waals surface area (Å²) in [6, 6.07) is 10.5. The molecule has 104 valence electrons. The second kappa shape index (κ2) is 5.08. The highest BCUT2D eigenvalue weighted by Crippen LogP contribution is 2.42. The van der Waals surface area contributed by atoms with Gasteiger partial charge in [-0.05, 0) is 30.7 Å². The molecule has 0 aliphatic carbocycles. The molecule has 0 fully saturated rings. The molecule has 0 radical (unpaired) electrons. The highest BCUT2D eigenvalue weighted by Gasteiger charge is 2.32. The lowest BCUT2D eigenvalue weighted by Crippen LogP contribution is -2.13. The second-order valence-electron chi connectivity index (χ2n) is 5.02. The minimum atomic E-state index is -0.814. The second-order valence-corrected chi connectivity index (χ2v) is 5.43. The average Bonchev–Trinajstić information content (AvgIpc) is 2.86. The van der Waals surface area contributed by atoms with Gasteiger partial charge in [-0.15, -0.1) is 0 Å². The number of aliphatic hydroxyl groups excluding tert-OH is 1. The van der Waals surface area contributed by atoms with Crippen molar-refractivity contribution in [1.29, 1.82) is 0 Å². The van der Waals surface area contributed by atoms with E-state index in [1.807, 2.05) is 24.3 Å². The van der Waals surface area contributed by atoms with Gasteiger partial charge >= 0.3 is 0 Å². The van der Waals surface area contributed by atoms with Crippen LogP contribution < -0.4 is 4.74 Å². The summed E-state index contributed by atoms with van der Waals surface area (Å²) in [5.74, 6) is 0.231. The summed E-state index contributed by atoms with van der Waals surface area (Å²) in [6.07, 6.45) is -0.814. The Balaban J connectivity index is 1.98. The SMILES string of the molecule is Cc1cc(C(O)C2COc3ccccc32)c(Cl)cc1F. The van der Waals surface area contributed by atoms with E-state index in [0.717, 1.165) is 11.3 Å². The Morgan fingerprint density at radius 1 is 1.35 bits per heavy atom. The number of rotatable bonds is 2. The van der Waals surface area contributed by atoms with Crippen LogP contribution in [0.2, 0.25) is 5.02 Å². The first-order chi connectivity index (χ1) is 9.58. The molecular formula is C16H14ClFO2. The van der Waals surface area contributed by atoms with E-state index in [4.69, 9.17) is 16.3 Å². The molecular weight excluding hydrogens is 279 g/mol. The van der Waals surface area contributed by atoms with Gasteiger partial charge in [-0.1, -0.05) is 29.8 Å². The van der Waals surface area contributed by atoms with Crippen LogP contribution >= 0.6 is 11.6 Å². The molecule has 1 N–H and O–H groups in total. The summed E-state index contributed by atoms with van der Waals surface area (Å²) >= 11 is 6.06. The maximum atomic E-state index is 13.4. The van der Waals surface area contributed by atoms with Crippen molar-refractivity contribution in [3.63, 3.8) is 0 Å². The summed E-state index contributed by atoms with van der Waals surface area (Å²) in [7, 11) is 0. The highest BCUT2D eigenvalue weighted by atomic mass is 35.5. The lowest BCUT2D eigenvalue weighted by atomic mass is 9.90. The molecule has 2 aromatic rings. The van der Waals surface area contributed by atoms with Crippen LogP contribution in [-0.2, 0) is 0 Å². The zero-order chi connectivity index (χ0) is 14.3. The number of benzene rings is 2. The van der Waals surface area contributed by atoms with Crippen molar-refractivity contribution in [2.45, 2.75) is 18.9 Å². The van der Waals surface area contributed by atoms with Gasteiger partial charge < -0.3 is 9.84 Å². The molecule has 0 amide bonds. The summed E-state index contributed by atoms with van der Waals surface area (Å²) in [4.78, 5) is 0. The van der Waals surface area contributed by atoms with E-state index in [1.165, 1.54) is 6.07 Å². The number of halogens is 2. The summed E-state index contributed by atoms with van der Waals surface area (Å²) in [5, 5.41) is 10.8. The molecule has 2 nitrogen and oxygen atoms in total. The molecule has 1 aliphatic heterocycles. The van der Waals surface area contributed by atoms with Gasteiger partial charge in [0.1, 0.15) is 11.6 Å². The maximum absolute atomic E-state index is 13.4. The monoisotopic (exact) mass is 292 g/mol. The minimum Gasteiger partial charge on any atom is -0.493 e. The number of fused-ring (bicyclic) bond motifs is 1. The van der Waals surface area contributed by atoms with Crippen LogP contribution in [0.5, 0.6) is 5.75 Å². The maximum Gasteiger partial charge on any atom is 0.127 e. The normalized spacial score (nSPS) is 18.5. The molecule has 2 unspecified atom stereocenters. The third-order valence-corrected chi connectivity index (χ3v) is 4.04. The topological polar surface area (TPSA) is 29.5 Å². The Labute approximate surface area is 121 Å². The van der Waals surface area contributed by atoms with Gasteiger partial charge in [0, 0.05) is 16.1 Å². The average molecular weight is 293 g/mol. The van der Waals surface area contributed by atoms with E-state index < -0.39 is 6.10 Å². The van der Waals surface area contributed by atoms with Crippen molar-refractivity contribution in [3.05, 3.63) is 63.9 Å². The number of hydrogen-bond acceptors (Lipinski definition) is 2. The predicted octanol–water partition coefficient (Wildman–Crippen LogP) is 4.00. The van der Waals surface area contributed by atoms with E-state index >= 15 is 0 Å².